The Kier molecular flexibility index (Phi) is 6.12. The molecule has 4 heteroatoms. The van der Waals surface area contributed by atoms with Crippen LogP contribution in [0.1, 0.15) is 29.5 Å². The lowest BCUT2D eigenvalue weighted by Gasteiger charge is -2.32. The summed E-state index contributed by atoms with van der Waals surface area (Å²) in [5.74, 6) is 0.00160. The minimum atomic E-state index is -0.139. The largest absolute Gasteiger partial charge is 0.352 e. The molecule has 154 valence electrons. The van der Waals surface area contributed by atoms with E-state index in [1.54, 1.807) is 0 Å². The molecule has 3 aromatic rings. The van der Waals surface area contributed by atoms with Crippen LogP contribution in [0.2, 0.25) is 0 Å². The van der Waals surface area contributed by atoms with Gasteiger partial charge in [-0.1, -0.05) is 72.3 Å². The number of nitrogens with zero attached hydrogens (tertiary/aromatic N) is 1. The molecule has 0 bridgehead atoms. The van der Waals surface area contributed by atoms with Gasteiger partial charge in [0.15, 0.2) is 0 Å². The summed E-state index contributed by atoms with van der Waals surface area (Å²) >= 11 is 0. The number of fused-ring (bicyclic) bond motifs is 1. The second-order valence-corrected chi connectivity index (χ2v) is 8.20. The second-order valence-electron chi connectivity index (χ2n) is 8.20. The Morgan fingerprint density at radius 2 is 1.83 bits per heavy atom. The average molecular weight is 401 g/mol. The first-order valence-corrected chi connectivity index (χ1v) is 10.7. The number of nitrogens with one attached hydrogen (secondary N) is 1. The van der Waals surface area contributed by atoms with Crippen molar-refractivity contribution in [3.63, 3.8) is 0 Å². The molecule has 4 nitrogen and oxygen atoms in total. The molecule has 1 aliphatic heterocycles. The van der Waals surface area contributed by atoms with Crippen LogP contribution in [0.3, 0.4) is 0 Å². The number of benzene rings is 3. The molecule has 0 saturated carbocycles. The molecule has 30 heavy (non-hydrogen) atoms. The number of piperidine rings is 1. The summed E-state index contributed by atoms with van der Waals surface area (Å²) in [4.78, 5) is 27.6. The van der Waals surface area contributed by atoms with E-state index in [-0.39, 0.29) is 17.7 Å². The molecule has 0 radical (unpaired) electrons. The molecule has 1 heterocycles. The third kappa shape index (κ3) is 4.70. The summed E-state index contributed by atoms with van der Waals surface area (Å²) in [7, 11) is 0. The maximum Gasteiger partial charge on any atom is 0.227 e. The van der Waals surface area contributed by atoms with E-state index in [1.165, 1.54) is 5.56 Å². The molecule has 0 spiro atoms. The van der Waals surface area contributed by atoms with Gasteiger partial charge in [-0.25, -0.2) is 0 Å². The van der Waals surface area contributed by atoms with Crippen molar-refractivity contribution < 1.29 is 9.59 Å². The smallest absolute Gasteiger partial charge is 0.227 e. The van der Waals surface area contributed by atoms with Gasteiger partial charge in [-0.3, -0.25) is 9.59 Å². The molecule has 0 unspecified atom stereocenters. The van der Waals surface area contributed by atoms with Crippen molar-refractivity contribution >= 4 is 22.6 Å². The number of hydrogen-bond donors (Lipinski definition) is 1. The van der Waals surface area contributed by atoms with Gasteiger partial charge in [0, 0.05) is 19.6 Å². The van der Waals surface area contributed by atoms with Gasteiger partial charge in [-0.2, -0.15) is 0 Å². The van der Waals surface area contributed by atoms with E-state index < -0.39 is 0 Å². The van der Waals surface area contributed by atoms with E-state index in [2.05, 4.69) is 29.6 Å². The minimum Gasteiger partial charge on any atom is -0.352 e. The molecule has 1 saturated heterocycles. The monoisotopic (exact) mass is 400 g/mol. The van der Waals surface area contributed by atoms with Gasteiger partial charge in [0.25, 0.3) is 0 Å². The molecule has 4 rings (SSSR count). The zero-order valence-electron chi connectivity index (χ0n) is 17.4. The summed E-state index contributed by atoms with van der Waals surface area (Å²) in [6.45, 7) is 3.81. The highest BCUT2D eigenvalue weighted by Crippen LogP contribution is 2.22. The van der Waals surface area contributed by atoms with Crippen molar-refractivity contribution in [2.45, 2.75) is 32.7 Å². The molecule has 3 aromatic carbocycles. The van der Waals surface area contributed by atoms with Crippen molar-refractivity contribution in [3.8, 4) is 0 Å². The minimum absolute atomic E-state index is 0.0409. The Morgan fingerprint density at radius 3 is 2.70 bits per heavy atom. The SMILES string of the molecule is Cc1cccc(CNC(=O)[C@@H]2CCCN(C(=O)Cc3cccc4ccccc34)C2)c1. The summed E-state index contributed by atoms with van der Waals surface area (Å²) in [6, 6.07) is 22.4. The maximum atomic E-state index is 13.0. The first-order chi connectivity index (χ1) is 14.6. The first kappa shape index (κ1) is 20.1. The predicted octanol–water partition coefficient (Wildman–Crippen LogP) is 4.25. The van der Waals surface area contributed by atoms with Crippen molar-refractivity contribution in [2.75, 3.05) is 13.1 Å². The second kappa shape index (κ2) is 9.12. The number of amides is 2. The van der Waals surface area contributed by atoms with Crippen molar-refractivity contribution in [3.05, 3.63) is 83.4 Å². The lowest BCUT2D eigenvalue weighted by atomic mass is 9.95. The molecule has 0 aliphatic carbocycles. The van der Waals surface area contributed by atoms with Gasteiger partial charge < -0.3 is 10.2 Å². The highest BCUT2D eigenvalue weighted by atomic mass is 16.2. The van der Waals surface area contributed by atoms with Crippen molar-refractivity contribution in [2.24, 2.45) is 5.92 Å². The van der Waals surface area contributed by atoms with Gasteiger partial charge in [0.05, 0.1) is 12.3 Å². The fourth-order valence-electron chi connectivity index (χ4n) is 4.29. The fourth-order valence-corrected chi connectivity index (χ4v) is 4.29. The number of hydrogen-bond acceptors (Lipinski definition) is 2. The average Bonchev–Trinajstić information content (AvgIpc) is 2.78. The lowest BCUT2D eigenvalue weighted by molar-refractivity contribution is -0.135. The van der Waals surface area contributed by atoms with Crippen LogP contribution in [0.4, 0.5) is 0 Å². The third-order valence-corrected chi connectivity index (χ3v) is 5.92. The Morgan fingerprint density at radius 1 is 1.03 bits per heavy atom. The van der Waals surface area contributed by atoms with Crippen LogP contribution >= 0.6 is 0 Å². The van der Waals surface area contributed by atoms with E-state index in [9.17, 15) is 9.59 Å². The van der Waals surface area contributed by atoms with Gasteiger partial charge in [-0.05, 0) is 41.7 Å². The maximum absolute atomic E-state index is 13.0. The third-order valence-electron chi connectivity index (χ3n) is 5.92. The van der Waals surface area contributed by atoms with Gasteiger partial charge in [0.2, 0.25) is 11.8 Å². The van der Waals surface area contributed by atoms with Crippen LogP contribution in [0.25, 0.3) is 10.8 Å². The highest BCUT2D eigenvalue weighted by molar-refractivity contribution is 5.90. The molecular formula is C26H28N2O2. The molecule has 2 amide bonds. The summed E-state index contributed by atoms with van der Waals surface area (Å²) in [5, 5.41) is 5.32. The normalized spacial score (nSPS) is 16.4. The molecule has 1 atom stereocenters. The topological polar surface area (TPSA) is 49.4 Å². The van der Waals surface area contributed by atoms with Crippen molar-refractivity contribution in [1.29, 1.82) is 0 Å². The van der Waals surface area contributed by atoms with E-state index in [4.69, 9.17) is 0 Å². The van der Waals surface area contributed by atoms with E-state index in [1.807, 2.05) is 54.3 Å². The quantitative estimate of drug-likeness (QED) is 0.696. The molecule has 0 aromatic heterocycles. The van der Waals surface area contributed by atoms with E-state index in [0.717, 1.165) is 41.3 Å². The van der Waals surface area contributed by atoms with Gasteiger partial charge in [-0.15, -0.1) is 0 Å². The number of aryl methyl sites for hydroxylation is 1. The summed E-state index contributed by atoms with van der Waals surface area (Å²) < 4.78 is 0. The zero-order chi connectivity index (χ0) is 20.9. The van der Waals surface area contributed by atoms with E-state index in [0.29, 0.717) is 19.5 Å². The first-order valence-electron chi connectivity index (χ1n) is 10.7. The molecular weight excluding hydrogens is 372 g/mol. The number of rotatable bonds is 5. The number of likely N-dealkylation sites (tertiary alicyclic amines) is 1. The Balaban J connectivity index is 1.37. The molecule has 1 fully saturated rings. The van der Waals surface area contributed by atoms with Crippen LogP contribution in [0, 0.1) is 12.8 Å². The molecule has 1 N–H and O–H groups in total. The molecule has 1 aliphatic rings. The Hall–Kier alpha value is -3.14. The van der Waals surface area contributed by atoms with Crippen LogP contribution < -0.4 is 5.32 Å². The highest BCUT2D eigenvalue weighted by Gasteiger charge is 2.28. The van der Waals surface area contributed by atoms with Crippen LogP contribution in [0.15, 0.2) is 66.7 Å². The van der Waals surface area contributed by atoms with Gasteiger partial charge in [0.1, 0.15) is 0 Å². The zero-order valence-corrected chi connectivity index (χ0v) is 17.4. The Labute approximate surface area is 177 Å². The van der Waals surface area contributed by atoms with Crippen LogP contribution in [-0.2, 0) is 22.6 Å². The van der Waals surface area contributed by atoms with Crippen LogP contribution in [-0.4, -0.2) is 29.8 Å². The Bertz CT molecular complexity index is 1050. The van der Waals surface area contributed by atoms with Gasteiger partial charge >= 0.3 is 0 Å². The predicted molar refractivity (Wildman–Crippen MR) is 120 cm³/mol. The number of carbonyl (C=O) groups is 2. The summed E-state index contributed by atoms with van der Waals surface area (Å²) in [6.07, 6.45) is 2.07. The fraction of sp³-hybridized carbons (Fsp3) is 0.308. The standard InChI is InChI=1S/C26H28N2O2/c1-19-7-4-8-20(15-19)17-27-26(30)23-12-6-14-28(18-23)25(29)16-22-11-5-10-21-9-2-3-13-24(21)22/h2-5,7-11,13,15,23H,6,12,14,16-18H2,1H3,(H,27,30)/t23-/m1/s1. The van der Waals surface area contributed by atoms with E-state index >= 15 is 0 Å². The van der Waals surface area contributed by atoms with Crippen molar-refractivity contribution in [1.82, 2.24) is 10.2 Å². The summed E-state index contributed by atoms with van der Waals surface area (Å²) in [5.41, 5.74) is 3.33. The van der Waals surface area contributed by atoms with Crippen LogP contribution in [0.5, 0.6) is 0 Å². The lowest BCUT2D eigenvalue weighted by Crippen LogP contribution is -2.45. The number of carbonyl (C=O) groups excluding carboxylic acids is 2.